The number of aromatic nitrogens is 2. The van der Waals surface area contributed by atoms with E-state index in [0.717, 1.165) is 0 Å². The highest BCUT2D eigenvalue weighted by atomic mass is 15.1. The lowest BCUT2D eigenvalue weighted by Crippen LogP contribution is -2.37. The summed E-state index contributed by atoms with van der Waals surface area (Å²) in [6.07, 6.45) is 54.9. The van der Waals surface area contributed by atoms with Gasteiger partial charge in [0, 0.05) is 6.42 Å². The lowest BCUT2D eigenvalue weighted by molar-refractivity contribution is -0.704. The molecule has 0 spiro atoms. The molecule has 0 aliphatic rings. The first-order valence-electron chi connectivity index (χ1n) is 21.4. The summed E-state index contributed by atoms with van der Waals surface area (Å²) >= 11 is 0. The lowest BCUT2D eigenvalue weighted by Gasteiger charge is -2.07. The molecule has 0 N–H and O–H groups in total. The molecule has 0 aliphatic carbocycles. The minimum atomic E-state index is 1.22. The van der Waals surface area contributed by atoms with E-state index in [0.29, 0.717) is 0 Å². The monoisotopic (exact) mass is 630 g/mol. The average Bonchev–Trinajstić information content (AvgIpc) is 3.43. The van der Waals surface area contributed by atoms with Crippen LogP contribution in [0, 0.1) is 0 Å². The number of aryl methyl sites for hydroxylation is 2. The second kappa shape index (κ2) is 34.5. The van der Waals surface area contributed by atoms with Gasteiger partial charge in [-0.2, -0.15) is 0 Å². The molecule has 0 saturated carbocycles. The molecule has 0 aromatic carbocycles. The highest BCUT2D eigenvalue weighted by molar-refractivity contribution is 4.84. The molecule has 0 saturated heterocycles. The summed E-state index contributed by atoms with van der Waals surface area (Å²) in [5.41, 5.74) is 0. The molecule has 0 aliphatic heterocycles. The Morgan fingerprint density at radius 1 is 0.378 bits per heavy atom. The van der Waals surface area contributed by atoms with Crippen LogP contribution in [0.4, 0.5) is 0 Å². The maximum absolute atomic E-state index is 2.62. The molecule has 0 atom stereocenters. The SMILES string of the molecule is CCCCCCCCCCCCCCCCCCn1cc[n+](CCCCC)c1CCCCCCCCCCCCCCCCC. The van der Waals surface area contributed by atoms with Crippen LogP contribution < -0.4 is 4.57 Å². The first kappa shape index (κ1) is 42.2. The Balaban J connectivity index is 2.09. The van der Waals surface area contributed by atoms with Crippen molar-refractivity contribution in [3.63, 3.8) is 0 Å². The van der Waals surface area contributed by atoms with Gasteiger partial charge in [-0.1, -0.05) is 207 Å². The number of nitrogens with zero attached hydrogens (tertiary/aromatic N) is 2. The fourth-order valence-corrected chi connectivity index (χ4v) is 7.21. The van der Waals surface area contributed by atoms with Crippen LogP contribution in [0.1, 0.15) is 245 Å². The van der Waals surface area contributed by atoms with Gasteiger partial charge in [-0.25, -0.2) is 9.13 Å². The smallest absolute Gasteiger partial charge is 0.234 e. The van der Waals surface area contributed by atoms with Crippen LogP contribution in [0.5, 0.6) is 0 Å². The Morgan fingerprint density at radius 2 is 0.689 bits per heavy atom. The minimum absolute atomic E-state index is 1.22. The largest absolute Gasteiger partial charge is 0.256 e. The van der Waals surface area contributed by atoms with Gasteiger partial charge in [-0.15, -0.1) is 0 Å². The standard InChI is InChI=1S/C43H85N2/c1-4-7-10-12-14-16-18-20-22-24-26-28-30-32-34-37-40-45-42-41-44(39-36-9-6-3)43(45)38-35-33-31-29-27-25-23-21-19-17-15-13-11-8-5-2/h41-42H,4-40H2,1-3H3/q+1. The Kier molecular flexibility index (Phi) is 32.4. The van der Waals surface area contributed by atoms with Crippen molar-refractivity contribution in [2.24, 2.45) is 0 Å². The van der Waals surface area contributed by atoms with E-state index in [1.165, 1.54) is 238 Å². The van der Waals surface area contributed by atoms with Crippen molar-refractivity contribution < 1.29 is 4.57 Å². The minimum Gasteiger partial charge on any atom is -0.234 e. The van der Waals surface area contributed by atoms with Crippen molar-refractivity contribution in [2.75, 3.05) is 0 Å². The molecule has 266 valence electrons. The third-order valence-corrected chi connectivity index (χ3v) is 10.3. The van der Waals surface area contributed by atoms with Crippen LogP contribution in [0.25, 0.3) is 0 Å². The van der Waals surface area contributed by atoms with Crippen molar-refractivity contribution in [1.29, 1.82) is 0 Å². The van der Waals surface area contributed by atoms with Crippen LogP contribution >= 0.6 is 0 Å². The summed E-state index contributed by atoms with van der Waals surface area (Å²) < 4.78 is 5.23. The van der Waals surface area contributed by atoms with Crippen LogP contribution in [0.15, 0.2) is 12.4 Å². The van der Waals surface area contributed by atoms with Gasteiger partial charge < -0.3 is 0 Å². The van der Waals surface area contributed by atoms with Gasteiger partial charge in [0.2, 0.25) is 0 Å². The van der Waals surface area contributed by atoms with Crippen molar-refractivity contribution >= 4 is 0 Å². The maximum atomic E-state index is 2.62. The third-order valence-electron chi connectivity index (χ3n) is 10.3. The summed E-state index contributed by atoms with van der Waals surface area (Å²) in [5.74, 6) is 1.61. The Morgan fingerprint density at radius 3 is 1.07 bits per heavy atom. The van der Waals surface area contributed by atoms with Crippen LogP contribution in [0.3, 0.4) is 0 Å². The van der Waals surface area contributed by atoms with Crippen molar-refractivity contribution in [1.82, 2.24) is 4.57 Å². The molecule has 1 aromatic rings. The van der Waals surface area contributed by atoms with Gasteiger partial charge in [0.05, 0.1) is 13.1 Å². The first-order valence-corrected chi connectivity index (χ1v) is 21.4. The Hall–Kier alpha value is -0.790. The number of imidazole rings is 1. The summed E-state index contributed by atoms with van der Waals surface area (Å²) in [7, 11) is 0. The Bertz CT molecular complexity index is 692. The second-order valence-electron chi connectivity index (χ2n) is 14.8. The Labute approximate surface area is 285 Å². The number of hydrogen-bond acceptors (Lipinski definition) is 0. The highest BCUT2D eigenvalue weighted by Crippen LogP contribution is 2.16. The molecule has 1 rings (SSSR count). The van der Waals surface area contributed by atoms with E-state index in [-0.39, 0.29) is 0 Å². The number of rotatable bonds is 37. The molecule has 0 radical (unpaired) electrons. The van der Waals surface area contributed by atoms with Crippen LogP contribution in [0.2, 0.25) is 0 Å². The van der Waals surface area contributed by atoms with E-state index in [1.54, 1.807) is 5.82 Å². The second-order valence-corrected chi connectivity index (χ2v) is 14.8. The molecule has 2 nitrogen and oxygen atoms in total. The topological polar surface area (TPSA) is 8.81 Å². The van der Waals surface area contributed by atoms with E-state index < -0.39 is 0 Å². The molecule has 0 fully saturated rings. The molecule has 2 heteroatoms. The average molecular weight is 630 g/mol. The molecule has 0 amide bonds. The first-order chi connectivity index (χ1) is 22.3. The summed E-state index contributed by atoms with van der Waals surface area (Å²) in [4.78, 5) is 0. The van der Waals surface area contributed by atoms with Gasteiger partial charge in [-0.05, 0) is 32.1 Å². The quantitative estimate of drug-likeness (QED) is 0.0511. The number of hydrogen-bond donors (Lipinski definition) is 0. The summed E-state index contributed by atoms with van der Waals surface area (Å²) in [6.45, 7) is 9.39. The molecular formula is C43H85N2+. The van der Waals surface area contributed by atoms with E-state index >= 15 is 0 Å². The highest BCUT2D eigenvalue weighted by Gasteiger charge is 2.16. The van der Waals surface area contributed by atoms with Crippen molar-refractivity contribution in [2.45, 2.75) is 259 Å². The number of unbranched alkanes of at least 4 members (excludes halogenated alkanes) is 31. The molecule has 1 aromatic heterocycles. The van der Waals surface area contributed by atoms with Gasteiger partial charge >= 0.3 is 0 Å². The van der Waals surface area contributed by atoms with Gasteiger partial charge in [0.1, 0.15) is 12.4 Å². The molecule has 45 heavy (non-hydrogen) atoms. The fraction of sp³-hybridized carbons (Fsp3) is 0.930. The molecule has 0 bridgehead atoms. The molecule has 0 unspecified atom stereocenters. The van der Waals surface area contributed by atoms with Gasteiger partial charge in [0.15, 0.2) is 0 Å². The van der Waals surface area contributed by atoms with Crippen LogP contribution in [-0.4, -0.2) is 4.57 Å². The van der Waals surface area contributed by atoms with Crippen molar-refractivity contribution in [3.05, 3.63) is 18.2 Å². The van der Waals surface area contributed by atoms with E-state index in [4.69, 9.17) is 0 Å². The van der Waals surface area contributed by atoms with E-state index in [9.17, 15) is 0 Å². The zero-order chi connectivity index (χ0) is 32.3. The molecular weight excluding hydrogens is 544 g/mol. The summed E-state index contributed by atoms with van der Waals surface area (Å²) in [6, 6.07) is 0. The lowest BCUT2D eigenvalue weighted by atomic mass is 10.0. The predicted molar refractivity (Wildman–Crippen MR) is 202 cm³/mol. The predicted octanol–water partition coefficient (Wildman–Crippen LogP) is 14.6. The zero-order valence-electron chi connectivity index (χ0n) is 31.7. The molecule has 1 heterocycles. The van der Waals surface area contributed by atoms with Gasteiger partial charge in [0.25, 0.3) is 5.82 Å². The normalized spacial score (nSPS) is 11.6. The van der Waals surface area contributed by atoms with E-state index in [2.05, 4.69) is 42.3 Å². The maximum Gasteiger partial charge on any atom is 0.256 e. The van der Waals surface area contributed by atoms with Crippen LogP contribution in [-0.2, 0) is 19.5 Å². The fourth-order valence-electron chi connectivity index (χ4n) is 7.21. The van der Waals surface area contributed by atoms with E-state index in [1.807, 2.05) is 0 Å². The van der Waals surface area contributed by atoms with Crippen molar-refractivity contribution in [3.8, 4) is 0 Å². The van der Waals surface area contributed by atoms with Gasteiger partial charge in [-0.3, -0.25) is 0 Å². The summed E-state index contributed by atoms with van der Waals surface area (Å²) in [5, 5.41) is 0. The zero-order valence-corrected chi connectivity index (χ0v) is 31.7. The third kappa shape index (κ3) is 26.9.